The summed E-state index contributed by atoms with van der Waals surface area (Å²) in [5.74, 6) is 0.578. The van der Waals surface area contributed by atoms with Gasteiger partial charge in [0.05, 0.1) is 18.0 Å². The van der Waals surface area contributed by atoms with E-state index in [0.29, 0.717) is 35.6 Å². The van der Waals surface area contributed by atoms with Crippen LogP contribution in [0.4, 0.5) is 17.1 Å². The number of amides is 2. The third kappa shape index (κ3) is 4.48. The summed E-state index contributed by atoms with van der Waals surface area (Å²) in [6, 6.07) is 20.0. The molecule has 0 aliphatic rings. The smallest absolute Gasteiger partial charge is 0.255 e. The second kappa shape index (κ2) is 8.73. The van der Waals surface area contributed by atoms with Crippen molar-refractivity contribution in [2.75, 3.05) is 23.0 Å². The number of benzene rings is 3. The Labute approximate surface area is 163 Å². The number of rotatable bonds is 7. The minimum Gasteiger partial charge on any atom is -0.494 e. The van der Waals surface area contributed by atoms with E-state index < -0.39 is 0 Å². The molecule has 0 atom stereocenters. The Morgan fingerprint density at radius 3 is 2.25 bits per heavy atom. The second-order valence-corrected chi connectivity index (χ2v) is 6.05. The van der Waals surface area contributed by atoms with Crippen LogP contribution in [0.3, 0.4) is 0 Å². The first-order valence-corrected chi connectivity index (χ1v) is 8.85. The molecule has 4 N–H and O–H groups in total. The van der Waals surface area contributed by atoms with Crippen LogP contribution in [0.25, 0.3) is 11.1 Å². The minimum absolute atomic E-state index is 0.250. The molecule has 6 heteroatoms. The van der Waals surface area contributed by atoms with E-state index in [4.69, 9.17) is 10.5 Å². The Kier molecular flexibility index (Phi) is 5.91. The van der Waals surface area contributed by atoms with Crippen molar-refractivity contribution in [3.05, 3.63) is 72.3 Å². The number of carbonyl (C=O) groups is 2. The number of hydrogen-bond donors (Lipinski definition) is 3. The molecule has 28 heavy (non-hydrogen) atoms. The third-order valence-corrected chi connectivity index (χ3v) is 4.17. The van der Waals surface area contributed by atoms with Crippen molar-refractivity contribution >= 4 is 29.4 Å². The van der Waals surface area contributed by atoms with Crippen LogP contribution < -0.4 is 21.1 Å². The van der Waals surface area contributed by atoms with Crippen LogP contribution in [0.2, 0.25) is 0 Å². The van der Waals surface area contributed by atoms with Gasteiger partial charge in [-0.2, -0.15) is 0 Å². The molecule has 2 amide bonds. The summed E-state index contributed by atoms with van der Waals surface area (Å²) in [4.78, 5) is 23.1. The van der Waals surface area contributed by atoms with E-state index in [2.05, 4.69) is 10.6 Å². The molecular weight excluding hydrogens is 354 g/mol. The zero-order chi connectivity index (χ0) is 19.9. The lowest BCUT2D eigenvalue weighted by atomic mass is 10.0. The molecule has 0 saturated heterocycles. The standard InChI is InChI=1S/C22H21N3O3/c1-2-28-19-10-7-16(8-11-19)15-3-5-17(6-4-15)22(27)25-18-9-12-20(23)21(13-18)24-14-26/h3-14H,2,23H2,1H3,(H,24,26)(H,25,27). The van der Waals surface area contributed by atoms with E-state index in [-0.39, 0.29) is 5.91 Å². The molecule has 0 bridgehead atoms. The van der Waals surface area contributed by atoms with Crippen molar-refractivity contribution in [2.45, 2.75) is 6.92 Å². The van der Waals surface area contributed by atoms with Gasteiger partial charge in [-0.25, -0.2) is 0 Å². The summed E-state index contributed by atoms with van der Waals surface area (Å²) in [5.41, 5.74) is 9.75. The summed E-state index contributed by atoms with van der Waals surface area (Å²) < 4.78 is 5.45. The molecule has 0 saturated carbocycles. The van der Waals surface area contributed by atoms with Gasteiger partial charge in [-0.05, 0) is 60.5 Å². The predicted octanol–water partition coefficient (Wildman–Crippen LogP) is 4.16. The van der Waals surface area contributed by atoms with Gasteiger partial charge in [0, 0.05) is 11.3 Å². The number of anilines is 3. The van der Waals surface area contributed by atoms with Gasteiger partial charge in [-0.1, -0.05) is 24.3 Å². The quantitative estimate of drug-likeness (QED) is 0.427. The molecule has 0 aromatic heterocycles. The molecule has 0 aliphatic heterocycles. The van der Waals surface area contributed by atoms with E-state index in [1.54, 1.807) is 30.3 Å². The first kappa shape index (κ1) is 19.0. The lowest BCUT2D eigenvalue weighted by Crippen LogP contribution is -2.12. The molecule has 3 aromatic carbocycles. The van der Waals surface area contributed by atoms with Crippen LogP contribution in [0.5, 0.6) is 5.75 Å². The maximum atomic E-state index is 12.5. The topological polar surface area (TPSA) is 93.4 Å². The number of hydrogen-bond acceptors (Lipinski definition) is 4. The average molecular weight is 375 g/mol. The number of nitrogen functional groups attached to an aromatic ring is 1. The summed E-state index contributed by atoms with van der Waals surface area (Å²) in [6.45, 7) is 2.57. The Morgan fingerprint density at radius 1 is 1.00 bits per heavy atom. The Hall–Kier alpha value is -3.80. The molecule has 142 valence electrons. The molecular formula is C22H21N3O3. The van der Waals surface area contributed by atoms with Gasteiger partial charge in [0.15, 0.2) is 0 Å². The second-order valence-electron chi connectivity index (χ2n) is 6.05. The zero-order valence-electron chi connectivity index (χ0n) is 15.4. The molecule has 3 aromatic rings. The van der Waals surface area contributed by atoms with Crippen LogP contribution in [0.1, 0.15) is 17.3 Å². The Bertz CT molecular complexity index is 967. The van der Waals surface area contributed by atoms with Gasteiger partial charge in [0.1, 0.15) is 5.75 Å². The maximum absolute atomic E-state index is 12.5. The fourth-order valence-electron chi connectivity index (χ4n) is 2.75. The van der Waals surface area contributed by atoms with Gasteiger partial charge in [-0.3, -0.25) is 9.59 Å². The van der Waals surface area contributed by atoms with Crippen molar-refractivity contribution in [3.63, 3.8) is 0 Å². The van der Waals surface area contributed by atoms with Gasteiger partial charge in [-0.15, -0.1) is 0 Å². The van der Waals surface area contributed by atoms with Crippen molar-refractivity contribution in [2.24, 2.45) is 0 Å². The van der Waals surface area contributed by atoms with Crippen LogP contribution in [0, 0.1) is 0 Å². The highest BCUT2D eigenvalue weighted by molar-refractivity contribution is 6.05. The maximum Gasteiger partial charge on any atom is 0.255 e. The third-order valence-electron chi connectivity index (χ3n) is 4.17. The lowest BCUT2D eigenvalue weighted by molar-refractivity contribution is -0.105. The molecule has 0 spiro atoms. The molecule has 3 rings (SSSR count). The van der Waals surface area contributed by atoms with Crippen molar-refractivity contribution < 1.29 is 14.3 Å². The molecule has 0 heterocycles. The summed E-state index contributed by atoms with van der Waals surface area (Å²) in [6.07, 6.45) is 0.539. The fraction of sp³-hybridized carbons (Fsp3) is 0.0909. The largest absolute Gasteiger partial charge is 0.494 e. The van der Waals surface area contributed by atoms with E-state index in [1.807, 2.05) is 43.3 Å². The minimum atomic E-state index is -0.250. The highest BCUT2D eigenvalue weighted by atomic mass is 16.5. The molecule has 0 unspecified atom stereocenters. The highest BCUT2D eigenvalue weighted by Gasteiger charge is 2.08. The Balaban J connectivity index is 1.71. The van der Waals surface area contributed by atoms with Crippen molar-refractivity contribution in [3.8, 4) is 16.9 Å². The predicted molar refractivity (Wildman–Crippen MR) is 112 cm³/mol. The lowest BCUT2D eigenvalue weighted by Gasteiger charge is -2.10. The molecule has 0 aliphatic carbocycles. The number of nitrogens with one attached hydrogen (secondary N) is 2. The number of nitrogens with two attached hydrogens (primary N) is 1. The Morgan fingerprint density at radius 2 is 1.64 bits per heavy atom. The van der Waals surface area contributed by atoms with E-state index in [9.17, 15) is 9.59 Å². The number of carbonyl (C=O) groups excluding carboxylic acids is 2. The molecule has 6 nitrogen and oxygen atoms in total. The SMILES string of the molecule is CCOc1ccc(-c2ccc(C(=O)Nc3ccc(N)c(NC=O)c3)cc2)cc1. The first-order valence-electron chi connectivity index (χ1n) is 8.85. The van der Waals surface area contributed by atoms with Crippen LogP contribution in [-0.4, -0.2) is 18.9 Å². The monoisotopic (exact) mass is 375 g/mol. The van der Waals surface area contributed by atoms with Gasteiger partial charge >= 0.3 is 0 Å². The average Bonchev–Trinajstić information content (AvgIpc) is 2.72. The summed E-state index contributed by atoms with van der Waals surface area (Å²) >= 11 is 0. The fourth-order valence-corrected chi connectivity index (χ4v) is 2.75. The highest BCUT2D eigenvalue weighted by Crippen LogP contribution is 2.25. The van der Waals surface area contributed by atoms with Gasteiger partial charge in [0.25, 0.3) is 5.91 Å². The normalized spacial score (nSPS) is 10.2. The first-order chi connectivity index (χ1) is 13.6. The van der Waals surface area contributed by atoms with E-state index in [1.165, 1.54) is 0 Å². The molecule has 0 radical (unpaired) electrons. The van der Waals surface area contributed by atoms with Crippen LogP contribution in [-0.2, 0) is 4.79 Å². The van der Waals surface area contributed by atoms with Crippen LogP contribution in [0.15, 0.2) is 66.7 Å². The summed E-state index contributed by atoms with van der Waals surface area (Å²) in [7, 11) is 0. The zero-order valence-corrected chi connectivity index (χ0v) is 15.4. The van der Waals surface area contributed by atoms with E-state index >= 15 is 0 Å². The van der Waals surface area contributed by atoms with E-state index in [0.717, 1.165) is 16.9 Å². The van der Waals surface area contributed by atoms with Gasteiger partial charge < -0.3 is 21.1 Å². The van der Waals surface area contributed by atoms with Crippen molar-refractivity contribution in [1.82, 2.24) is 0 Å². The number of ether oxygens (including phenoxy) is 1. The van der Waals surface area contributed by atoms with Crippen LogP contribution >= 0.6 is 0 Å². The van der Waals surface area contributed by atoms with Gasteiger partial charge in [0.2, 0.25) is 6.41 Å². The molecule has 0 fully saturated rings. The van der Waals surface area contributed by atoms with Crippen molar-refractivity contribution in [1.29, 1.82) is 0 Å². The summed E-state index contributed by atoms with van der Waals surface area (Å²) in [5, 5.41) is 5.30.